The number of hydrogen-bond donors (Lipinski definition) is 2. The number of nitrogens with zero attached hydrogens (tertiary/aromatic N) is 2. The van der Waals surface area contributed by atoms with E-state index in [1.807, 2.05) is 6.07 Å². The van der Waals surface area contributed by atoms with Crippen molar-refractivity contribution in [3.05, 3.63) is 76.9 Å². The van der Waals surface area contributed by atoms with E-state index in [2.05, 4.69) is 20.8 Å². The zero-order valence-electron chi connectivity index (χ0n) is 13.9. The van der Waals surface area contributed by atoms with Gasteiger partial charge in [0.1, 0.15) is 0 Å². The Hall–Kier alpha value is -3.25. The summed E-state index contributed by atoms with van der Waals surface area (Å²) in [5.41, 5.74) is 1.97. The topological polar surface area (TPSA) is 84.0 Å². The summed E-state index contributed by atoms with van der Waals surface area (Å²) < 4.78 is 0. The van der Waals surface area contributed by atoms with Crippen LogP contribution >= 0.6 is 11.6 Å². The molecule has 2 aromatic carbocycles. The van der Waals surface area contributed by atoms with Gasteiger partial charge in [0.05, 0.1) is 10.7 Å². The summed E-state index contributed by atoms with van der Waals surface area (Å²) in [7, 11) is 0. The Morgan fingerprint density at radius 1 is 0.962 bits per heavy atom. The van der Waals surface area contributed by atoms with Crippen molar-refractivity contribution < 1.29 is 9.59 Å². The van der Waals surface area contributed by atoms with Crippen LogP contribution in [0, 0.1) is 0 Å². The molecule has 0 aliphatic rings. The standard InChI is InChI=1S/C19H15ClN4O2/c1-12(25)13-5-4-6-14(11-13)21-18-10-9-17(23-24-18)19(26)22-16-8-3-2-7-15(16)20/h2-11H,1H3,(H,21,24)(H,22,26). The van der Waals surface area contributed by atoms with E-state index < -0.39 is 5.91 Å². The fourth-order valence-corrected chi connectivity index (χ4v) is 2.42. The fourth-order valence-electron chi connectivity index (χ4n) is 2.23. The Morgan fingerprint density at radius 2 is 1.77 bits per heavy atom. The molecule has 7 heteroatoms. The van der Waals surface area contributed by atoms with E-state index in [1.165, 1.54) is 6.92 Å². The van der Waals surface area contributed by atoms with Crippen molar-refractivity contribution in [1.82, 2.24) is 10.2 Å². The van der Waals surface area contributed by atoms with Gasteiger partial charge in [0, 0.05) is 11.3 Å². The molecule has 0 aliphatic carbocycles. The van der Waals surface area contributed by atoms with Crippen LogP contribution in [0.3, 0.4) is 0 Å². The number of hydrogen-bond acceptors (Lipinski definition) is 5. The van der Waals surface area contributed by atoms with Crippen molar-refractivity contribution in [2.75, 3.05) is 10.6 Å². The van der Waals surface area contributed by atoms with Gasteiger partial charge in [-0.15, -0.1) is 10.2 Å². The van der Waals surface area contributed by atoms with Crippen LogP contribution in [0.1, 0.15) is 27.8 Å². The van der Waals surface area contributed by atoms with Crippen molar-refractivity contribution in [3.63, 3.8) is 0 Å². The molecule has 26 heavy (non-hydrogen) atoms. The van der Waals surface area contributed by atoms with Crippen LogP contribution < -0.4 is 10.6 Å². The fraction of sp³-hybridized carbons (Fsp3) is 0.0526. The Balaban J connectivity index is 1.70. The average Bonchev–Trinajstić information content (AvgIpc) is 2.64. The average molecular weight is 367 g/mol. The van der Waals surface area contributed by atoms with Gasteiger partial charge in [-0.2, -0.15) is 0 Å². The minimum absolute atomic E-state index is 0.0219. The molecule has 0 spiro atoms. The second-order valence-corrected chi connectivity index (χ2v) is 5.91. The molecule has 0 atom stereocenters. The summed E-state index contributed by atoms with van der Waals surface area (Å²) in [5.74, 6) is 0.0297. The number of aromatic nitrogens is 2. The van der Waals surface area contributed by atoms with E-state index in [0.29, 0.717) is 27.8 Å². The summed E-state index contributed by atoms with van der Waals surface area (Å²) >= 11 is 6.02. The lowest BCUT2D eigenvalue weighted by Gasteiger charge is -2.08. The monoisotopic (exact) mass is 366 g/mol. The summed E-state index contributed by atoms with van der Waals surface area (Å²) in [6.07, 6.45) is 0. The lowest BCUT2D eigenvalue weighted by molar-refractivity contribution is 0.101. The van der Waals surface area contributed by atoms with Crippen LogP contribution in [-0.4, -0.2) is 21.9 Å². The van der Waals surface area contributed by atoms with Gasteiger partial charge in [0.15, 0.2) is 17.3 Å². The zero-order chi connectivity index (χ0) is 18.5. The van der Waals surface area contributed by atoms with Gasteiger partial charge in [0.2, 0.25) is 0 Å². The third kappa shape index (κ3) is 4.23. The lowest BCUT2D eigenvalue weighted by Crippen LogP contribution is -2.14. The van der Waals surface area contributed by atoms with Crippen LogP contribution in [0.4, 0.5) is 17.2 Å². The van der Waals surface area contributed by atoms with Crippen molar-refractivity contribution in [3.8, 4) is 0 Å². The maximum atomic E-state index is 12.2. The number of benzene rings is 2. The summed E-state index contributed by atoms with van der Waals surface area (Å²) in [5, 5.41) is 14.1. The zero-order valence-corrected chi connectivity index (χ0v) is 14.6. The highest BCUT2D eigenvalue weighted by atomic mass is 35.5. The highest BCUT2D eigenvalue weighted by Crippen LogP contribution is 2.21. The molecule has 0 fully saturated rings. The number of amides is 1. The molecular weight excluding hydrogens is 352 g/mol. The van der Waals surface area contributed by atoms with Crippen LogP contribution in [0.2, 0.25) is 5.02 Å². The number of carbonyl (C=O) groups is 2. The van der Waals surface area contributed by atoms with E-state index in [1.54, 1.807) is 54.6 Å². The minimum Gasteiger partial charge on any atom is -0.339 e. The molecule has 1 aromatic heterocycles. The van der Waals surface area contributed by atoms with Gasteiger partial charge in [-0.25, -0.2) is 0 Å². The SMILES string of the molecule is CC(=O)c1cccc(Nc2ccc(C(=O)Nc3ccccc3Cl)nn2)c1. The Bertz CT molecular complexity index is 958. The molecule has 1 amide bonds. The minimum atomic E-state index is -0.407. The highest BCUT2D eigenvalue weighted by molar-refractivity contribution is 6.33. The largest absolute Gasteiger partial charge is 0.339 e. The van der Waals surface area contributed by atoms with Crippen molar-refractivity contribution in [2.24, 2.45) is 0 Å². The number of halogens is 1. The van der Waals surface area contributed by atoms with Crippen molar-refractivity contribution >= 4 is 40.5 Å². The molecule has 2 N–H and O–H groups in total. The quantitative estimate of drug-likeness (QED) is 0.656. The van der Waals surface area contributed by atoms with Crippen LogP contribution in [0.15, 0.2) is 60.7 Å². The lowest BCUT2D eigenvalue weighted by atomic mass is 10.1. The predicted molar refractivity (Wildman–Crippen MR) is 101 cm³/mol. The predicted octanol–water partition coefficient (Wildman–Crippen LogP) is 4.33. The molecular formula is C19H15ClN4O2. The Morgan fingerprint density at radius 3 is 2.46 bits per heavy atom. The highest BCUT2D eigenvalue weighted by Gasteiger charge is 2.10. The van der Waals surface area contributed by atoms with Gasteiger partial charge < -0.3 is 10.6 Å². The Labute approximate surface area is 155 Å². The van der Waals surface area contributed by atoms with Gasteiger partial charge in [-0.05, 0) is 43.3 Å². The molecule has 0 radical (unpaired) electrons. The number of carbonyl (C=O) groups excluding carboxylic acids is 2. The molecule has 3 rings (SSSR count). The van der Waals surface area contributed by atoms with Crippen molar-refractivity contribution in [1.29, 1.82) is 0 Å². The Kier molecular flexibility index (Phi) is 5.24. The van der Waals surface area contributed by atoms with E-state index in [4.69, 9.17) is 11.6 Å². The smallest absolute Gasteiger partial charge is 0.276 e. The number of ketones is 1. The summed E-state index contributed by atoms with van der Waals surface area (Å²) in [6, 6.07) is 17.2. The van der Waals surface area contributed by atoms with Gasteiger partial charge in [-0.1, -0.05) is 35.9 Å². The third-order valence-corrected chi connectivity index (χ3v) is 3.89. The third-order valence-electron chi connectivity index (χ3n) is 3.56. The van der Waals surface area contributed by atoms with E-state index in [-0.39, 0.29) is 11.5 Å². The summed E-state index contributed by atoms with van der Waals surface area (Å²) in [6.45, 7) is 1.51. The number of Topliss-reactive ketones (excluding diaryl/α,β-unsaturated/α-hetero) is 1. The first-order valence-corrected chi connectivity index (χ1v) is 8.18. The van der Waals surface area contributed by atoms with E-state index in [9.17, 15) is 9.59 Å². The van der Waals surface area contributed by atoms with Gasteiger partial charge in [0.25, 0.3) is 5.91 Å². The molecule has 1 heterocycles. The molecule has 0 aliphatic heterocycles. The van der Waals surface area contributed by atoms with Crippen molar-refractivity contribution in [2.45, 2.75) is 6.92 Å². The van der Waals surface area contributed by atoms with Gasteiger partial charge >= 0.3 is 0 Å². The first-order chi connectivity index (χ1) is 12.5. The number of anilines is 3. The number of rotatable bonds is 5. The van der Waals surface area contributed by atoms with Crippen LogP contribution in [-0.2, 0) is 0 Å². The molecule has 0 unspecified atom stereocenters. The van der Waals surface area contributed by atoms with Gasteiger partial charge in [-0.3, -0.25) is 9.59 Å². The van der Waals surface area contributed by atoms with E-state index >= 15 is 0 Å². The van der Waals surface area contributed by atoms with E-state index in [0.717, 1.165) is 0 Å². The normalized spacial score (nSPS) is 10.2. The summed E-state index contributed by atoms with van der Waals surface area (Å²) in [4.78, 5) is 23.7. The molecule has 0 saturated carbocycles. The molecule has 3 aromatic rings. The second-order valence-electron chi connectivity index (χ2n) is 5.50. The second kappa shape index (κ2) is 7.76. The van der Waals surface area contributed by atoms with Crippen LogP contribution in [0.5, 0.6) is 0 Å². The van der Waals surface area contributed by atoms with Crippen LogP contribution in [0.25, 0.3) is 0 Å². The maximum Gasteiger partial charge on any atom is 0.276 e. The molecule has 0 saturated heterocycles. The number of para-hydroxylation sites is 1. The number of nitrogens with one attached hydrogen (secondary N) is 2. The first kappa shape index (κ1) is 17.6. The molecule has 0 bridgehead atoms. The maximum absolute atomic E-state index is 12.2. The molecule has 6 nitrogen and oxygen atoms in total. The first-order valence-electron chi connectivity index (χ1n) is 7.80. The molecule has 130 valence electrons.